The van der Waals surface area contributed by atoms with E-state index in [1.54, 1.807) is 0 Å². The van der Waals surface area contributed by atoms with Crippen LogP contribution in [0, 0.1) is 0 Å². The summed E-state index contributed by atoms with van der Waals surface area (Å²) in [7, 11) is 0. The number of rotatable bonds is 47. The van der Waals surface area contributed by atoms with Crippen LogP contribution in [0.15, 0.2) is 97.2 Å². The molecule has 0 amide bonds. The molecule has 0 aromatic rings. The van der Waals surface area contributed by atoms with E-state index in [0.717, 1.165) is 70.6 Å². The van der Waals surface area contributed by atoms with Gasteiger partial charge >= 0.3 is 5.97 Å². The van der Waals surface area contributed by atoms with E-state index >= 15 is 0 Å². The van der Waals surface area contributed by atoms with Gasteiger partial charge in [-0.05, 0) is 89.9 Å². The standard InChI is InChI=1S/C57H98O4/c1-3-5-7-9-11-13-15-17-19-21-23-25-27-29-30-32-34-36-38-40-42-44-46-48-50-52-57(59)61-56(54-58)55-60-53-51-49-47-45-43-41-39-37-35-33-31-28-26-24-22-20-18-16-14-12-10-8-6-4-2/h5-8,11-14,17-20,23-26,56,58H,3-4,9-10,15-16,21-22,27-55H2,1-2H3/b7-5-,8-6-,13-11-,14-12-,19-17-,20-18-,25-23-,26-24-. The molecule has 1 N–H and O–H groups in total. The van der Waals surface area contributed by atoms with Crippen LogP contribution in [-0.4, -0.2) is 37.0 Å². The highest BCUT2D eigenvalue weighted by molar-refractivity contribution is 5.69. The number of aliphatic hydroxyl groups excluding tert-OH is 1. The van der Waals surface area contributed by atoms with Gasteiger partial charge in [0.25, 0.3) is 0 Å². The van der Waals surface area contributed by atoms with Crippen LogP contribution in [0.5, 0.6) is 0 Å². The fraction of sp³-hybridized carbons (Fsp3) is 0.702. The number of aliphatic hydroxyl groups is 1. The number of esters is 1. The van der Waals surface area contributed by atoms with Crippen LogP contribution in [0.3, 0.4) is 0 Å². The summed E-state index contributed by atoms with van der Waals surface area (Å²) in [5, 5.41) is 9.66. The molecule has 0 rings (SSSR count). The second-order valence-corrected chi connectivity index (χ2v) is 16.8. The molecule has 0 aromatic heterocycles. The second kappa shape index (κ2) is 53.4. The molecule has 4 nitrogen and oxygen atoms in total. The van der Waals surface area contributed by atoms with E-state index < -0.39 is 6.10 Å². The van der Waals surface area contributed by atoms with Crippen molar-refractivity contribution >= 4 is 5.97 Å². The lowest BCUT2D eigenvalue weighted by Gasteiger charge is -2.16. The zero-order chi connectivity index (χ0) is 44.0. The third-order valence-electron chi connectivity index (χ3n) is 10.9. The van der Waals surface area contributed by atoms with Gasteiger partial charge in [0.15, 0.2) is 0 Å². The third kappa shape index (κ3) is 51.6. The third-order valence-corrected chi connectivity index (χ3v) is 10.9. The zero-order valence-electron chi connectivity index (χ0n) is 40.1. The van der Waals surface area contributed by atoms with Crippen LogP contribution in [0.25, 0.3) is 0 Å². The highest BCUT2D eigenvalue weighted by atomic mass is 16.6. The molecule has 0 heterocycles. The minimum atomic E-state index is -0.544. The zero-order valence-corrected chi connectivity index (χ0v) is 40.1. The monoisotopic (exact) mass is 847 g/mol. The fourth-order valence-electron chi connectivity index (χ4n) is 7.14. The summed E-state index contributed by atoms with van der Waals surface area (Å²) in [5.74, 6) is -0.206. The van der Waals surface area contributed by atoms with Gasteiger partial charge in [-0.3, -0.25) is 4.79 Å². The normalized spacial score (nSPS) is 13.2. The molecule has 0 saturated carbocycles. The lowest BCUT2D eigenvalue weighted by molar-refractivity contribution is -0.154. The molecule has 0 aliphatic rings. The Bertz CT molecular complexity index is 1120. The number of carbonyl (C=O) groups is 1. The van der Waals surface area contributed by atoms with Gasteiger partial charge in [0.05, 0.1) is 13.2 Å². The van der Waals surface area contributed by atoms with E-state index in [1.807, 2.05) is 0 Å². The van der Waals surface area contributed by atoms with Gasteiger partial charge < -0.3 is 14.6 Å². The number of hydrogen-bond donors (Lipinski definition) is 1. The van der Waals surface area contributed by atoms with Crippen molar-refractivity contribution in [1.82, 2.24) is 0 Å². The van der Waals surface area contributed by atoms with Crippen LogP contribution in [0.1, 0.15) is 232 Å². The lowest BCUT2D eigenvalue weighted by atomic mass is 10.0. The van der Waals surface area contributed by atoms with Gasteiger partial charge in [-0.2, -0.15) is 0 Å². The number of hydrogen-bond acceptors (Lipinski definition) is 4. The molecular formula is C57H98O4. The summed E-state index contributed by atoms with van der Waals surface area (Å²) in [5.41, 5.74) is 0. The molecule has 4 heteroatoms. The molecule has 0 spiro atoms. The number of carbonyl (C=O) groups excluding carboxylic acids is 1. The van der Waals surface area contributed by atoms with Crippen LogP contribution in [0.4, 0.5) is 0 Å². The van der Waals surface area contributed by atoms with Gasteiger partial charge in [-0.15, -0.1) is 0 Å². The molecule has 61 heavy (non-hydrogen) atoms. The molecule has 1 atom stereocenters. The first-order valence-electron chi connectivity index (χ1n) is 25.8. The summed E-state index contributed by atoms with van der Waals surface area (Å²) >= 11 is 0. The number of unbranched alkanes of at least 4 members (excludes halogenated alkanes) is 23. The number of ether oxygens (including phenoxy) is 2. The van der Waals surface area contributed by atoms with Crippen molar-refractivity contribution in [2.45, 2.75) is 238 Å². The van der Waals surface area contributed by atoms with Gasteiger partial charge in [-0.1, -0.05) is 233 Å². The Balaban J connectivity index is 3.44. The second-order valence-electron chi connectivity index (χ2n) is 16.8. The summed E-state index contributed by atoms with van der Waals surface area (Å²) in [6, 6.07) is 0. The predicted octanol–water partition coefficient (Wildman–Crippen LogP) is 17.7. The molecule has 0 fully saturated rings. The fourth-order valence-corrected chi connectivity index (χ4v) is 7.14. The minimum Gasteiger partial charge on any atom is -0.457 e. The average molecular weight is 847 g/mol. The topological polar surface area (TPSA) is 55.8 Å². The summed E-state index contributed by atoms with van der Waals surface area (Å²) < 4.78 is 11.2. The molecule has 350 valence electrons. The molecule has 0 aliphatic carbocycles. The number of allylic oxidation sites excluding steroid dienone is 16. The first-order valence-corrected chi connectivity index (χ1v) is 25.8. The van der Waals surface area contributed by atoms with Crippen molar-refractivity contribution < 1.29 is 19.4 Å². The van der Waals surface area contributed by atoms with E-state index in [0.29, 0.717) is 13.0 Å². The molecule has 0 aromatic carbocycles. The Labute approximate surface area is 379 Å². The summed E-state index contributed by atoms with van der Waals surface area (Å²) in [6.45, 7) is 5.12. The molecule has 0 radical (unpaired) electrons. The Hall–Kier alpha value is -2.69. The molecule has 0 aliphatic heterocycles. The maximum Gasteiger partial charge on any atom is 0.306 e. The minimum absolute atomic E-state index is 0.178. The Morgan fingerprint density at radius 3 is 1.03 bits per heavy atom. The van der Waals surface area contributed by atoms with Gasteiger partial charge in [-0.25, -0.2) is 0 Å². The maximum absolute atomic E-state index is 12.3. The first-order chi connectivity index (χ1) is 30.2. The van der Waals surface area contributed by atoms with Crippen molar-refractivity contribution in [3.05, 3.63) is 97.2 Å². The van der Waals surface area contributed by atoms with Crippen molar-refractivity contribution in [3.8, 4) is 0 Å². The van der Waals surface area contributed by atoms with Crippen LogP contribution < -0.4 is 0 Å². The van der Waals surface area contributed by atoms with E-state index in [2.05, 4.69) is 111 Å². The Morgan fingerprint density at radius 1 is 0.393 bits per heavy atom. The van der Waals surface area contributed by atoms with Crippen LogP contribution in [-0.2, 0) is 14.3 Å². The largest absolute Gasteiger partial charge is 0.457 e. The highest BCUT2D eigenvalue weighted by Gasteiger charge is 2.13. The van der Waals surface area contributed by atoms with Crippen molar-refractivity contribution in [2.24, 2.45) is 0 Å². The quantitative estimate of drug-likeness (QED) is 0.0377. The molecule has 0 bridgehead atoms. The Kier molecular flexibility index (Phi) is 51.1. The summed E-state index contributed by atoms with van der Waals surface area (Å²) in [6.07, 6.45) is 76.4. The van der Waals surface area contributed by atoms with Crippen LogP contribution >= 0.6 is 0 Å². The molecule has 0 saturated heterocycles. The smallest absolute Gasteiger partial charge is 0.306 e. The van der Waals surface area contributed by atoms with Crippen molar-refractivity contribution in [1.29, 1.82) is 0 Å². The molecular weight excluding hydrogens is 749 g/mol. The summed E-state index contributed by atoms with van der Waals surface area (Å²) in [4.78, 5) is 12.3. The van der Waals surface area contributed by atoms with E-state index in [-0.39, 0.29) is 19.2 Å². The van der Waals surface area contributed by atoms with Gasteiger partial charge in [0.1, 0.15) is 6.10 Å². The van der Waals surface area contributed by atoms with Crippen LogP contribution in [0.2, 0.25) is 0 Å². The highest BCUT2D eigenvalue weighted by Crippen LogP contribution is 2.15. The Morgan fingerprint density at radius 2 is 0.689 bits per heavy atom. The van der Waals surface area contributed by atoms with E-state index in [4.69, 9.17) is 9.47 Å². The molecule has 1 unspecified atom stereocenters. The first kappa shape index (κ1) is 58.3. The van der Waals surface area contributed by atoms with E-state index in [9.17, 15) is 9.90 Å². The average Bonchev–Trinajstić information content (AvgIpc) is 3.27. The van der Waals surface area contributed by atoms with E-state index in [1.165, 1.54) is 141 Å². The van der Waals surface area contributed by atoms with Crippen molar-refractivity contribution in [2.75, 3.05) is 19.8 Å². The van der Waals surface area contributed by atoms with Gasteiger partial charge in [0.2, 0.25) is 0 Å². The van der Waals surface area contributed by atoms with Gasteiger partial charge in [0, 0.05) is 13.0 Å². The van der Waals surface area contributed by atoms with Crippen molar-refractivity contribution in [3.63, 3.8) is 0 Å². The SMILES string of the molecule is CC/C=C\C/C=C\C/C=C\C/C=C\CCCCCCCCCCCCCCC(=O)OC(CO)COCCCCCCCCCCCCC/C=C\C/C=C\C/C=C\C/C=C\CC. The predicted molar refractivity (Wildman–Crippen MR) is 269 cm³/mol. The maximum atomic E-state index is 12.3. The lowest BCUT2D eigenvalue weighted by Crippen LogP contribution is -2.27.